The van der Waals surface area contributed by atoms with Crippen LogP contribution in [0.5, 0.6) is 0 Å². The lowest BCUT2D eigenvalue weighted by Crippen LogP contribution is -2.44. The first-order valence-electron chi connectivity index (χ1n) is 6.88. The fraction of sp³-hybridized carbons (Fsp3) is 0.467. The molecule has 2 saturated heterocycles. The van der Waals surface area contributed by atoms with Gasteiger partial charge in [0.25, 0.3) is 0 Å². The molecule has 2 aliphatic rings. The van der Waals surface area contributed by atoms with Gasteiger partial charge < -0.3 is 15.3 Å². The highest BCUT2D eigenvalue weighted by Crippen LogP contribution is 2.43. The van der Waals surface area contributed by atoms with Gasteiger partial charge in [-0.25, -0.2) is 4.79 Å². The number of hydrogen-bond donors (Lipinski definition) is 2. The van der Waals surface area contributed by atoms with Crippen molar-refractivity contribution in [2.45, 2.75) is 13.3 Å². The Balaban J connectivity index is 1.88. The number of carbonyl (C=O) groups is 2. The third-order valence-electron chi connectivity index (χ3n) is 4.68. The lowest BCUT2D eigenvalue weighted by molar-refractivity contribution is -0.127. The number of hydrogen-bond acceptors (Lipinski definition) is 3. The molecule has 5 nitrogen and oxygen atoms in total. The molecule has 2 atom stereocenters. The second-order valence-corrected chi connectivity index (χ2v) is 5.84. The molecule has 1 aromatic rings. The molecule has 2 N–H and O–H groups in total. The van der Waals surface area contributed by atoms with Crippen molar-refractivity contribution in [3.63, 3.8) is 0 Å². The zero-order valence-corrected chi connectivity index (χ0v) is 11.4. The molecule has 2 unspecified atom stereocenters. The summed E-state index contributed by atoms with van der Waals surface area (Å²) in [6.07, 6.45) is 0.861. The summed E-state index contributed by atoms with van der Waals surface area (Å²) in [4.78, 5) is 25.3. The van der Waals surface area contributed by atoms with E-state index in [2.05, 4.69) is 5.32 Å². The molecule has 1 aromatic carbocycles. The molecule has 0 radical (unpaired) electrons. The molecule has 106 valence electrons. The van der Waals surface area contributed by atoms with Gasteiger partial charge in [-0.2, -0.15) is 0 Å². The minimum Gasteiger partial charge on any atom is -0.478 e. The van der Waals surface area contributed by atoms with Gasteiger partial charge in [0.2, 0.25) is 5.91 Å². The minimum atomic E-state index is -0.950. The van der Waals surface area contributed by atoms with Crippen molar-refractivity contribution >= 4 is 17.6 Å². The Labute approximate surface area is 117 Å². The fourth-order valence-electron chi connectivity index (χ4n) is 3.22. The zero-order chi connectivity index (χ0) is 14.3. The molecule has 3 rings (SSSR count). The predicted octanol–water partition coefficient (Wildman–Crippen LogP) is 1.35. The maximum Gasteiger partial charge on any atom is 0.335 e. The van der Waals surface area contributed by atoms with Crippen molar-refractivity contribution in [2.75, 3.05) is 24.5 Å². The number of benzene rings is 1. The normalized spacial score (nSPS) is 29.4. The van der Waals surface area contributed by atoms with Gasteiger partial charge in [0.15, 0.2) is 0 Å². The monoisotopic (exact) mass is 274 g/mol. The zero-order valence-electron chi connectivity index (χ0n) is 11.4. The van der Waals surface area contributed by atoms with Crippen LogP contribution in [0.2, 0.25) is 0 Å². The summed E-state index contributed by atoms with van der Waals surface area (Å²) < 4.78 is 0. The number of nitrogens with one attached hydrogen (secondary N) is 1. The van der Waals surface area contributed by atoms with Gasteiger partial charge in [-0.1, -0.05) is 6.92 Å². The second kappa shape index (κ2) is 4.59. The summed E-state index contributed by atoms with van der Waals surface area (Å²) in [7, 11) is 0. The highest BCUT2D eigenvalue weighted by atomic mass is 16.4. The Kier molecular flexibility index (Phi) is 3.01. The first kappa shape index (κ1) is 13.1. The number of piperidine rings is 1. The van der Waals surface area contributed by atoms with Gasteiger partial charge in [-0.15, -0.1) is 0 Å². The Morgan fingerprint density at radius 1 is 1.40 bits per heavy atom. The number of carboxylic acid groups (broad SMARTS) is 1. The Morgan fingerprint density at radius 2 is 2.10 bits per heavy atom. The summed E-state index contributed by atoms with van der Waals surface area (Å²) in [6.45, 7) is 4.50. The molecule has 20 heavy (non-hydrogen) atoms. The highest BCUT2D eigenvalue weighted by Gasteiger charge is 2.51. The van der Waals surface area contributed by atoms with Crippen LogP contribution in [0.3, 0.4) is 0 Å². The lowest BCUT2D eigenvalue weighted by atomic mass is 9.74. The Hall–Kier alpha value is -1.88. The molecular weight excluding hydrogens is 256 g/mol. The van der Waals surface area contributed by atoms with Crippen LogP contribution in [0.1, 0.15) is 23.7 Å². The van der Waals surface area contributed by atoms with E-state index in [1.807, 2.05) is 6.92 Å². The predicted molar refractivity (Wildman–Crippen MR) is 74.8 cm³/mol. The van der Waals surface area contributed by atoms with Crippen molar-refractivity contribution in [3.05, 3.63) is 29.8 Å². The van der Waals surface area contributed by atoms with Crippen LogP contribution in [-0.4, -0.2) is 36.6 Å². The topological polar surface area (TPSA) is 69.6 Å². The summed E-state index contributed by atoms with van der Waals surface area (Å²) in [6, 6.07) is 6.53. The number of nitrogens with zero attached hydrogens (tertiary/aromatic N) is 1. The van der Waals surface area contributed by atoms with Gasteiger partial charge in [0.05, 0.1) is 11.0 Å². The molecule has 2 heterocycles. The van der Waals surface area contributed by atoms with Crippen molar-refractivity contribution in [1.82, 2.24) is 5.32 Å². The maximum atomic E-state index is 12.7. The van der Waals surface area contributed by atoms with E-state index in [-0.39, 0.29) is 16.9 Å². The molecule has 0 aromatic heterocycles. The summed E-state index contributed by atoms with van der Waals surface area (Å²) in [5, 5.41) is 12.3. The molecule has 5 heteroatoms. The third-order valence-corrected chi connectivity index (χ3v) is 4.68. The van der Waals surface area contributed by atoms with E-state index >= 15 is 0 Å². The van der Waals surface area contributed by atoms with Crippen molar-refractivity contribution in [1.29, 1.82) is 0 Å². The number of anilines is 1. The van der Waals surface area contributed by atoms with E-state index < -0.39 is 5.97 Å². The largest absolute Gasteiger partial charge is 0.478 e. The van der Waals surface area contributed by atoms with Gasteiger partial charge in [-0.3, -0.25) is 4.79 Å². The van der Waals surface area contributed by atoms with Crippen LogP contribution in [-0.2, 0) is 4.79 Å². The molecule has 1 amide bonds. The van der Waals surface area contributed by atoms with Gasteiger partial charge in [-0.05, 0) is 37.2 Å². The summed E-state index contributed by atoms with van der Waals surface area (Å²) in [5.74, 6) is -0.468. The van der Waals surface area contributed by atoms with Crippen LogP contribution < -0.4 is 10.2 Å². The number of amides is 1. The van der Waals surface area contributed by atoms with Gasteiger partial charge in [0.1, 0.15) is 0 Å². The van der Waals surface area contributed by atoms with Crippen LogP contribution in [0, 0.1) is 11.3 Å². The van der Waals surface area contributed by atoms with E-state index in [0.29, 0.717) is 12.5 Å². The van der Waals surface area contributed by atoms with Gasteiger partial charge in [0, 0.05) is 24.7 Å². The van der Waals surface area contributed by atoms with Crippen molar-refractivity contribution < 1.29 is 14.7 Å². The van der Waals surface area contributed by atoms with E-state index in [4.69, 9.17) is 5.11 Å². The van der Waals surface area contributed by atoms with E-state index in [9.17, 15) is 9.59 Å². The smallest absolute Gasteiger partial charge is 0.335 e. The number of rotatable bonds is 2. The van der Waals surface area contributed by atoms with Gasteiger partial charge >= 0.3 is 5.97 Å². The standard InChI is InChI=1S/C15H18N2O3/c1-15-6-7-16-8-11(15)9-17(14(15)20)12-4-2-10(3-5-12)13(18)19/h2-5,11,16H,6-9H2,1H3,(H,18,19). The maximum absolute atomic E-state index is 12.7. The molecule has 0 aliphatic carbocycles. The quantitative estimate of drug-likeness (QED) is 0.854. The molecule has 0 spiro atoms. The fourth-order valence-corrected chi connectivity index (χ4v) is 3.22. The van der Waals surface area contributed by atoms with Crippen LogP contribution >= 0.6 is 0 Å². The van der Waals surface area contributed by atoms with E-state index in [1.165, 1.54) is 0 Å². The van der Waals surface area contributed by atoms with E-state index in [1.54, 1.807) is 29.2 Å². The molecule has 0 bridgehead atoms. The average molecular weight is 274 g/mol. The summed E-state index contributed by atoms with van der Waals surface area (Å²) in [5.41, 5.74) is 0.748. The molecule has 0 saturated carbocycles. The Bertz CT molecular complexity index is 555. The summed E-state index contributed by atoms with van der Waals surface area (Å²) >= 11 is 0. The van der Waals surface area contributed by atoms with E-state index in [0.717, 1.165) is 25.2 Å². The average Bonchev–Trinajstić information content (AvgIpc) is 2.72. The molecule has 2 fully saturated rings. The first-order valence-corrected chi connectivity index (χ1v) is 6.88. The first-order chi connectivity index (χ1) is 9.52. The third kappa shape index (κ3) is 1.89. The van der Waals surface area contributed by atoms with Crippen molar-refractivity contribution in [3.8, 4) is 0 Å². The van der Waals surface area contributed by atoms with Crippen LogP contribution in [0.15, 0.2) is 24.3 Å². The van der Waals surface area contributed by atoms with Crippen LogP contribution in [0.25, 0.3) is 0 Å². The molecule has 2 aliphatic heterocycles. The number of carbonyl (C=O) groups excluding carboxylic acids is 1. The SMILES string of the molecule is CC12CCNCC1CN(c1ccc(C(=O)O)cc1)C2=O. The van der Waals surface area contributed by atoms with Crippen molar-refractivity contribution in [2.24, 2.45) is 11.3 Å². The minimum absolute atomic E-state index is 0.159. The lowest BCUT2D eigenvalue weighted by Gasteiger charge is -2.33. The van der Waals surface area contributed by atoms with Crippen LogP contribution in [0.4, 0.5) is 5.69 Å². The number of fused-ring (bicyclic) bond motifs is 1. The second-order valence-electron chi connectivity index (χ2n) is 5.84. The number of aromatic carboxylic acids is 1. The molecular formula is C15H18N2O3. The Morgan fingerprint density at radius 3 is 2.70 bits per heavy atom. The highest BCUT2D eigenvalue weighted by molar-refractivity contribution is 6.00. The number of carboxylic acids is 1.